The van der Waals surface area contributed by atoms with E-state index >= 15 is 0 Å². The number of carbonyl (C=O) groups is 1. The van der Waals surface area contributed by atoms with E-state index in [0.29, 0.717) is 24.4 Å². The summed E-state index contributed by atoms with van der Waals surface area (Å²) in [5, 5.41) is 0.453. The number of hydrogen-bond acceptors (Lipinski definition) is 3. The Balaban J connectivity index is 2.43. The van der Waals surface area contributed by atoms with E-state index in [2.05, 4.69) is 0 Å². The number of piperidine rings is 1. The van der Waals surface area contributed by atoms with Gasteiger partial charge in [0.15, 0.2) is 5.78 Å². The van der Waals surface area contributed by atoms with Gasteiger partial charge in [0, 0.05) is 18.0 Å². The average molecular weight is 350 g/mol. The molecule has 1 aromatic carbocycles. The first kappa shape index (κ1) is 16.7. The van der Waals surface area contributed by atoms with Crippen molar-refractivity contribution >= 4 is 39.0 Å². The van der Waals surface area contributed by atoms with Crippen molar-refractivity contribution in [3.8, 4) is 0 Å². The zero-order valence-electron chi connectivity index (χ0n) is 11.7. The highest BCUT2D eigenvalue weighted by molar-refractivity contribution is 7.89. The van der Waals surface area contributed by atoms with Gasteiger partial charge >= 0.3 is 0 Å². The summed E-state index contributed by atoms with van der Waals surface area (Å²) in [6.07, 6.45) is 2.50. The molecule has 0 aromatic heterocycles. The molecular weight excluding hydrogens is 333 g/mol. The SMILES string of the molecule is CCC(=O)C1CCCCN1S(=O)(=O)c1ccc(Cl)cc1Cl. The number of Topliss-reactive ketones (excluding diaryl/α,β-unsaturated/α-hetero) is 1. The lowest BCUT2D eigenvalue weighted by atomic mass is 10.00. The first-order valence-electron chi connectivity index (χ1n) is 6.87. The van der Waals surface area contributed by atoms with Crippen molar-refractivity contribution in [1.82, 2.24) is 4.31 Å². The van der Waals surface area contributed by atoms with Crippen molar-refractivity contribution in [2.45, 2.75) is 43.5 Å². The van der Waals surface area contributed by atoms with Crippen LogP contribution in [0, 0.1) is 0 Å². The Morgan fingerprint density at radius 1 is 1.33 bits per heavy atom. The maximum Gasteiger partial charge on any atom is 0.245 e. The van der Waals surface area contributed by atoms with Crippen LogP contribution < -0.4 is 0 Å². The predicted molar refractivity (Wildman–Crippen MR) is 83.3 cm³/mol. The second-order valence-electron chi connectivity index (χ2n) is 5.02. The predicted octanol–water partition coefficient (Wildman–Crippen LogP) is 3.52. The van der Waals surface area contributed by atoms with Crippen molar-refractivity contribution in [2.75, 3.05) is 6.54 Å². The molecule has 0 radical (unpaired) electrons. The molecule has 116 valence electrons. The molecule has 0 spiro atoms. The van der Waals surface area contributed by atoms with Crippen LogP contribution in [0.5, 0.6) is 0 Å². The Labute approximate surface area is 135 Å². The molecule has 1 fully saturated rings. The van der Waals surface area contributed by atoms with E-state index < -0.39 is 16.1 Å². The third-order valence-electron chi connectivity index (χ3n) is 3.65. The maximum atomic E-state index is 12.8. The van der Waals surface area contributed by atoms with E-state index in [9.17, 15) is 13.2 Å². The van der Waals surface area contributed by atoms with E-state index in [4.69, 9.17) is 23.2 Å². The second-order valence-corrected chi connectivity index (χ2v) is 7.72. The molecule has 1 aliphatic rings. The van der Waals surface area contributed by atoms with E-state index in [1.54, 1.807) is 6.92 Å². The highest BCUT2D eigenvalue weighted by Gasteiger charge is 2.37. The fourth-order valence-corrected chi connectivity index (χ4v) is 4.99. The number of carbonyl (C=O) groups excluding carboxylic acids is 1. The normalized spacial score (nSPS) is 20.4. The molecule has 1 aliphatic heterocycles. The van der Waals surface area contributed by atoms with Crippen LogP contribution in [0.15, 0.2) is 23.1 Å². The molecule has 0 N–H and O–H groups in total. The van der Waals surface area contributed by atoms with Crippen molar-refractivity contribution in [1.29, 1.82) is 0 Å². The zero-order chi connectivity index (χ0) is 15.6. The highest BCUT2D eigenvalue weighted by atomic mass is 35.5. The van der Waals surface area contributed by atoms with Crippen molar-refractivity contribution in [3.63, 3.8) is 0 Å². The number of rotatable bonds is 4. The van der Waals surface area contributed by atoms with E-state index in [-0.39, 0.29) is 15.7 Å². The number of nitrogens with zero attached hydrogens (tertiary/aromatic N) is 1. The van der Waals surface area contributed by atoms with Gasteiger partial charge in [0.2, 0.25) is 10.0 Å². The van der Waals surface area contributed by atoms with Crippen molar-refractivity contribution < 1.29 is 13.2 Å². The van der Waals surface area contributed by atoms with Gasteiger partial charge in [-0.3, -0.25) is 4.79 Å². The summed E-state index contributed by atoms with van der Waals surface area (Å²) in [4.78, 5) is 12.0. The van der Waals surface area contributed by atoms with E-state index in [1.165, 1.54) is 22.5 Å². The number of hydrogen-bond donors (Lipinski definition) is 0. The molecule has 4 nitrogen and oxygen atoms in total. The van der Waals surface area contributed by atoms with Gasteiger partial charge in [0.1, 0.15) is 4.90 Å². The van der Waals surface area contributed by atoms with Gasteiger partial charge in [0.05, 0.1) is 11.1 Å². The summed E-state index contributed by atoms with van der Waals surface area (Å²) in [5.74, 6) is -0.0524. The highest BCUT2D eigenvalue weighted by Crippen LogP contribution is 2.31. The van der Waals surface area contributed by atoms with Crippen LogP contribution in [0.3, 0.4) is 0 Å². The summed E-state index contributed by atoms with van der Waals surface area (Å²) in [7, 11) is -3.79. The van der Waals surface area contributed by atoms with Crippen LogP contribution in [-0.4, -0.2) is 31.1 Å². The maximum absolute atomic E-state index is 12.8. The Kier molecular flexibility index (Phi) is 5.30. The van der Waals surface area contributed by atoms with Gasteiger partial charge in [-0.2, -0.15) is 4.31 Å². The summed E-state index contributed by atoms with van der Waals surface area (Å²) in [6.45, 7) is 2.09. The molecule has 1 aromatic rings. The average Bonchev–Trinajstić information content (AvgIpc) is 2.46. The number of ketones is 1. The lowest BCUT2D eigenvalue weighted by molar-refractivity contribution is -0.123. The summed E-state index contributed by atoms with van der Waals surface area (Å²) in [6, 6.07) is 3.69. The monoisotopic (exact) mass is 349 g/mol. The van der Waals surface area contributed by atoms with Gasteiger partial charge in [-0.15, -0.1) is 0 Å². The third-order valence-corrected chi connectivity index (χ3v) is 6.28. The smallest absolute Gasteiger partial charge is 0.245 e. The molecule has 0 amide bonds. The van der Waals surface area contributed by atoms with Crippen LogP contribution in [0.2, 0.25) is 10.0 Å². The third kappa shape index (κ3) is 3.42. The van der Waals surface area contributed by atoms with Crippen LogP contribution in [0.25, 0.3) is 0 Å². The zero-order valence-corrected chi connectivity index (χ0v) is 14.0. The lowest BCUT2D eigenvalue weighted by Gasteiger charge is -2.33. The van der Waals surface area contributed by atoms with Crippen LogP contribution in [0.1, 0.15) is 32.6 Å². The Morgan fingerprint density at radius 3 is 2.67 bits per heavy atom. The molecule has 0 bridgehead atoms. The van der Waals surface area contributed by atoms with Crippen LogP contribution in [0.4, 0.5) is 0 Å². The first-order valence-corrected chi connectivity index (χ1v) is 9.07. The van der Waals surface area contributed by atoms with Gasteiger partial charge in [-0.1, -0.05) is 36.5 Å². The molecule has 7 heteroatoms. The quantitative estimate of drug-likeness (QED) is 0.835. The number of sulfonamides is 1. The van der Waals surface area contributed by atoms with Crippen molar-refractivity contribution in [3.05, 3.63) is 28.2 Å². The van der Waals surface area contributed by atoms with Gasteiger partial charge in [0.25, 0.3) is 0 Å². The van der Waals surface area contributed by atoms with Crippen LogP contribution in [-0.2, 0) is 14.8 Å². The molecule has 1 unspecified atom stereocenters. The van der Waals surface area contributed by atoms with E-state index in [0.717, 1.165) is 12.8 Å². The summed E-state index contributed by atoms with van der Waals surface area (Å²) >= 11 is 11.8. The molecule has 1 atom stereocenters. The summed E-state index contributed by atoms with van der Waals surface area (Å²) in [5.41, 5.74) is 0. The Hall–Kier alpha value is -0.620. The topological polar surface area (TPSA) is 54.5 Å². The lowest BCUT2D eigenvalue weighted by Crippen LogP contribution is -2.47. The molecule has 0 aliphatic carbocycles. The fraction of sp³-hybridized carbons (Fsp3) is 0.500. The second kappa shape index (κ2) is 6.65. The van der Waals surface area contributed by atoms with E-state index in [1.807, 2.05) is 0 Å². The molecule has 1 heterocycles. The summed E-state index contributed by atoms with van der Waals surface area (Å²) < 4.78 is 26.9. The van der Waals surface area contributed by atoms with Crippen molar-refractivity contribution in [2.24, 2.45) is 0 Å². The minimum Gasteiger partial charge on any atom is -0.298 e. The van der Waals surface area contributed by atoms with Crippen LogP contribution >= 0.6 is 23.2 Å². The standard InChI is InChI=1S/C14H17Cl2NO3S/c1-2-13(18)12-5-3-4-8-17(12)21(19,20)14-7-6-10(15)9-11(14)16/h6-7,9,12H,2-5,8H2,1H3. The van der Waals surface area contributed by atoms with Gasteiger partial charge in [-0.05, 0) is 31.0 Å². The Morgan fingerprint density at radius 2 is 2.05 bits per heavy atom. The largest absolute Gasteiger partial charge is 0.298 e. The molecule has 0 saturated carbocycles. The van der Waals surface area contributed by atoms with Gasteiger partial charge in [-0.25, -0.2) is 8.42 Å². The molecule has 2 rings (SSSR count). The molecule has 1 saturated heterocycles. The minimum atomic E-state index is -3.79. The first-order chi connectivity index (χ1) is 9.87. The minimum absolute atomic E-state index is 0.00405. The molecular formula is C14H17Cl2NO3S. The molecule has 21 heavy (non-hydrogen) atoms. The fourth-order valence-electron chi connectivity index (χ4n) is 2.56. The number of halogens is 2. The Bertz CT molecular complexity index is 646. The number of benzene rings is 1. The van der Waals surface area contributed by atoms with Gasteiger partial charge < -0.3 is 0 Å².